The summed E-state index contributed by atoms with van der Waals surface area (Å²) in [6, 6.07) is 16.1. The quantitative estimate of drug-likeness (QED) is 0.345. The highest BCUT2D eigenvalue weighted by molar-refractivity contribution is 5.98. The number of rotatable bonds is 10. The van der Waals surface area contributed by atoms with Crippen molar-refractivity contribution in [2.75, 3.05) is 37.9 Å². The Morgan fingerprint density at radius 2 is 1.95 bits per heavy atom. The molecule has 2 aromatic carbocycles. The van der Waals surface area contributed by atoms with Gasteiger partial charge in [0.15, 0.2) is 11.5 Å². The van der Waals surface area contributed by atoms with Gasteiger partial charge in [0.2, 0.25) is 12.7 Å². The lowest BCUT2D eigenvalue weighted by atomic mass is 9.91. The van der Waals surface area contributed by atoms with E-state index in [1.807, 2.05) is 46.2 Å². The van der Waals surface area contributed by atoms with E-state index in [1.165, 1.54) is 11.1 Å². The Balaban J connectivity index is 1.21. The number of ether oxygens (including phenoxy) is 2. The zero-order chi connectivity index (χ0) is 28.3. The van der Waals surface area contributed by atoms with Crippen molar-refractivity contribution in [3.8, 4) is 11.5 Å². The number of amides is 2. The predicted octanol–water partition coefficient (Wildman–Crippen LogP) is 5.16. The minimum Gasteiger partial charge on any atom is -0.454 e. The molecule has 6 rings (SSSR count). The van der Waals surface area contributed by atoms with E-state index in [0.717, 1.165) is 60.5 Å². The van der Waals surface area contributed by atoms with Crippen LogP contribution in [0.2, 0.25) is 0 Å². The summed E-state index contributed by atoms with van der Waals surface area (Å²) in [5.74, 6) is 2.04. The summed E-state index contributed by atoms with van der Waals surface area (Å²) in [5, 5.41) is 0. The third kappa shape index (κ3) is 5.66. The van der Waals surface area contributed by atoms with Crippen molar-refractivity contribution in [1.82, 2.24) is 14.8 Å². The Labute approximate surface area is 241 Å². The minimum absolute atomic E-state index is 0.0872. The number of nitrogens with zero attached hydrogens (tertiary/aromatic N) is 4. The number of carbonyl (C=O) groups excluding carboxylic acids is 2. The van der Waals surface area contributed by atoms with Crippen LogP contribution in [0.3, 0.4) is 0 Å². The van der Waals surface area contributed by atoms with Crippen molar-refractivity contribution in [2.45, 2.75) is 58.0 Å². The van der Waals surface area contributed by atoms with Gasteiger partial charge in [0.1, 0.15) is 0 Å². The third-order valence-corrected chi connectivity index (χ3v) is 8.69. The average molecular weight is 555 g/mol. The van der Waals surface area contributed by atoms with Gasteiger partial charge in [-0.2, -0.15) is 0 Å². The van der Waals surface area contributed by atoms with Crippen LogP contribution in [0.25, 0.3) is 0 Å². The molecule has 0 saturated carbocycles. The molecule has 0 spiro atoms. The van der Waals surface area contributed by atoms with E-state index in [9.17, 15) is 9.59 Å². The first-order valence-corrected chi connectivity index (χ1v) is 14.7. The van der Waals surface area contributed by atoms with E-state index < -0.39 is 0 Å². The first-order valence-electron chi connectivity index (χ1n) is 14.7. The maximum atomic E-state index is 13.8. The Kier molecular flexibility index (Phi) is 7.92. The predicted molar refractivity (Wildman–Crippen MR) is 157 cm³/mol. The maximum absolute atomic E-state index is 13.8. The fourth-order valence-corrected chi connectivity index (χ4v) is 6.49. The van der Waals surface area contributed by atoms with Crippen LogP contribution in [0.5, 0.6) is 11.5 Å². The van der Waals surface area contributed by atoms with Crippen LogP contribution in [0.4, 0.5) is 5.69 Å². The van der Waals surface area contributed by atoms with Crippen molar-refractivity contribution in [3.63, 3.8) is 0 Å². The molecule has 3 aliphatic heterocycles. The molecular weight excluding hydrogens is 516 g/mol. The fraction of sp³-hybridized carbons (Fsp3) is 0.424. The second-order valence-electron chi connectivity index (χ2n) is 11.4. The summed E-state index contributed by atoms with van der Waals surface area (Å²) in [4.78, 5) is 37.3. The van der Waals surface area contributed by atoms with Crippen LogP contribution in [0.15, 0.2) is 60.9 Å². The molecule has 3 aromatic rings. The molecule has 4 heterocycles. The topological polar surface area (TPSA) is 75.2 Å². The summed E-state index contributed by atoms with van der Waals surface area (Å²) in [6.45, 7) is 7.60. The van der Waals surface area contributed by atoms with Crippen LogP contribution >= 0.6 is 0 Å². The number of carbonyl (C=O) groups is 2. The number of aromatic nitrogens is 1. The largest absolute Gasteiger partial charge is 0.454 e. The third-order valence-electron chi connectivity index (χ3n) is 8.69. The number of anilines is 1. The van der Waals surface area contributed by atoms with Crippen LogP contribution in [-0.4, -0.2) is 65.6 Å². The van der Waals surface area contributed by atoms with Crippen molar-refractivity contribution < 1.29 is 19.1 Å². The summed E-state index contributed by atoms with van der Waals surface area (Å²) < 4.78 is 11.3. The molecule has 1 aromatic heterocycles. The zero-order valence-electron chi connectivity index (χ0n) is 23.9. The molecule has 2 amide bonds. The Hall–Kier alpha value is -3.91. The van der Waals surface area contributed by atoms with Crippen LogP contribution in [0.1, 0.15) is 65.6 Å². The van der Waals surface area contributed by atoms with Crippen LogP contribution in [-0.2, 0) is 11.3 Å². The van der Waals surface area contributed by atoms with Gasteiger partial charge in [0, 0.05) is 44.0 Å². The molecule has 0 N–H and O–H groups in total. The van der Waals surface area contributed by atoms with Crippen LogP contribution in [0, 0.1) is 6.92 Å². The van der Waals surface area contributed by atoms with Gasteiger partial charge in [-0.25, -0.2) is 0 Å². The number of likely N-dealkylation sites (tertiary alicyclic amines) is 1. The fourth-order valence-electron chi connectivity index (χ4n) is 6.49. The summed E-state index contributed by atoms with van der Waals surface area (Å²) >= 11 is 0. The smallest absolute Gasteiger partial charge is 0.254 e. The Morgan fingerprint density at radius 3 is 2.73 bits per heavy atom. The SMILES string of the molecule is CCCCN(C(=O)CN1CC(c2cc3c(cc2C)OCO3)CC1CCN1Cc2ccccc2C1=O)c1cccnc1. The number of benzene rings is 2. The second kappa shape index (κ2) is 11.9. The van der Waals surface area contributed by atoms with Crippen LogP contribution < -0.4 is 14.4 Å². The minimum atomic E-state index is 0.0872. The van der Waals surface area contributed by atoms with E-state index in [4.69, 9.17) is 9.47 Å². The average Bonchev–Trinajstić information content (AvgIpc) is 3.69. The molecular formula is C33H38N4O4. The van der Waals surface area contributed by atoms with E-state index >= 15 is 0 Å². The second-order valence-corrected chi connectivity index (χ2v) is 11.4. The molecule has 2 atom stereocenters. The van der Waals surface area contributed by atoms with E-state index in [-0.39, 0.29) is 30.6 Å². The van der Waals surface area contributed by atoms with Gasteiger partial charge in [-0.15, -0.1) is 0 Å². The number of fused-ring (bicyclic) bond motifs is 2. The molecule has 1 fully saturated rings. The molecule has 2 unspecified atom stereocenters. The first-order chi connectivity index (χ1) is 20.0. The van der Waals surface area contributed by atoms with E-state index in [0.29, 0.717) is 26.2 Å². The Morgan fingerprint density at radius 1 is 1.12 bits per heavy atom. The number of hydrogen-bond donors (Lipinski definition) is 0. The van der Waals surface area contributed by atoms with Crippen molar-refractivity contribution in [1.29, 1.82) is 0 Å². The molecule has 0 radical (unpaired) electrons. The zero-order valence-corrected chi connectivity index (χ0v) is 23.9. The summed E-state index contributed by atoms with van der Waals surface area (Å²) in [7, 11) is 0. The molecule has 1 saturated heterocycles. The van der Waals surface area contributed by atoms with Gasteiger partial charge >= 0.3 is 0 Å². The van der Waals surface area contributed by atoms with Gasteiger partial charge in [-0.1, -0.05) is 31.5 Å². The lowest BCUT2D eigenvalue weighted by molar-refractivity contribution is -0.120. The van der Waals surface area contributed by atoms with Gasteiger partial charge < -0.3 is 19.3 Å². The molecule has 0 bridgehead atoms. The van der Waals surface area contributed by atoms with Gasteiger partial charge in [-0.05, 0) is 79.1 Å². The molecule has 214 valence electrons. The van der Waals surface area contributed by atoms with E-state index in [1.54, 1.807) is 12.4 Å². The summed E-state index contributed by atoms with van der Waals surface area (Å²) in [5.41, 5.74) is 5.16. The molecule has 41 heavy (non-hydrogen) atoms. The highest BCUT2D eigenvalue weighted by Gasteiger charge is 2.37. The number of aryl methyl sites for hydroxylation is 1. The molecule has 8 heteroatoms. The van der Waals surface area contributed by atoms with Gasteiger partial charge in [0.25, 0.3) is 5.91 Å². The number of hydrogen-bond acceptors (Lipinski definition) is 6. The molecule has 8 nitrogen and oxygen atoms in total. The molecule has 3 aliphatic rings. The standard InChI is InChI=1S/C33H38N4O4/c1-3-4-13-37(27-9-7-12-34-18-27)32(38)21-36-20-25(29-17-31-30(15-23(29)2)40-22-41-31)16-26(36)11-14-35-19-24-8-5-6-10-28(24)33(35)39/h5-10,12,15,17-18,25-26H,3-4,11,13-14,16,19-22H2,1-2H3. The first kappa shape index (κ1) is 27.3. The Bertz CT molecular complexity index is 1410. The lowest BCUT2D eigenvalue weighted by Crippen LogP contribution is -2.43. The van der Waals surface area contributed by atoms with Gasteiger partial charge in [0.05, 0.1) is 18.4 Å². The molecule has 0 aliphatic carbocycles. The monoisotopic (exact) mass is 554 g/mol. The van der Waals surface area contributed by atoms with Gasteiger partial charge in [-0.3, -0.25) is 19.5 Å². The summed E-state index contributed by atoms with van der Waals surface area (Å²) in [6.07, 6.45) is 7.18. The van der Waals surface area contributed by atoms with Crippen molar-refractivity contribution >= 4 is 17.5 Å². The normalized spacial score (nSPS) is 19.6. The highest BCUT2D eigenvalue weighted by atomic mass is 16.7. The van der Waals surface area contributed by atoms with Crippen molar-refractivity contribution in [2.24, 2.45) is 0 Å². The lowest BCUT2D eigenvalue weighted by Gasteiger charge is -2.29. The highest BCUT2D eigenvalue weighted by Crippen LogP contribution is 2.41. The van der Waals surface area contributed by atoms with Crippen molar-refractivity contribution in [3.05, 3.63) is 83.2 Å². The number of unbranched alkanes of at least 4 members (excludes halogenated alkanes) is 1. The van der Waals surface area contributed by atoms with E-state index in [2.05, 4.69) is 35.9 Å². The maximum Gasteiger partial charge on any atom is 0.254 e. The number of pyridine rings is 1.